The van der Waals surface area contributed by atoms with Crippen LogP contribution in [0.4, 0.5) is 0 Å². The van der Waals surface area contributed by atoms with Gasteiger partial charge in [-0.2, -0.15) is 0 Å². The lowest BCUT2D eigenvalue weighted by Crippen LogP contribution is -2.38. The molecule has 0 heterocycles. The van der Waals surface area contributed by atoms with E-state index in [2.05, 4.69) is 19.2 Å². The highest BCUT2D eigenvalue weighted by Crippen LogP contribution is 2.24. The summed E-state index contributed by atoms with van der Waals surface area (Å²) >= 11 is 0. The smallest absolute Gasteiger partial charge is 0.308 e. The van der Waals surface area contributed by atoms with Crippen molar-refractivity contribution in [1.82, 2.24) is 5.32 Å². The molecule has 0 aromatic carbocycles. The molecule has 0 aromatic heterocycles. The molecule has 0 aliphatic carbocycles. The van der Waals surface area contributed by atoms with Gasteiger partial charge in [0.2, 0.25) is 5.91 Å². The number of carboxylic acids is 1. The number of nitrogens with one attached hydrogen (secondary N) is 1. The standard InChI is InChI=1S/C16H31NO3/c1-6-8-12(9-7-2)14(18)17-11-13(15(19)20)10-16(3,4)5/h12-13H,6-11H2,1-5H3,(H,17,18)(H,19,20). The van der Waals surface area contributed by atoms with Gasteiger partial charge in [0.15, 0.2) is 0 Å². The number of aliphatic carboxylic acids is 1. The minimum atomic E-state index is -0.831. The van der Waals surface area contributed by atoms with Crippen LogP contribution in [0.15, 0.2) is 0 Å². The Labute approximate surface area is 123 Å². The average molecular weight is 285 g/mol. The summed E-state index contributed by atoms with van der Waals surface area (Å²) in [5, 5.41) is 12.1. The Morgan fingerprint density at radius 1 is 1.05 bits per heavy atom. The zero-order valence-corrected chi connectivity index (χ0v) is 13.7. The first-order chi connectivity index (χ1) is 9.21. The average Bonchev–Trinajstić information content (AvgIpc) is 2.32. The highest BCUT2D eigenvalue weighted by molar-refractivity contribution is 5.79. The van der Waals surface area contributed by atoms with Crippen LogP contribution in [-0.2, 0) is 9.59 Å². The fourth-order valence-electron chi connectivity index (χ4n) is 2.46. The van der Waals surface area contributed by atoms with Gasteiger partial charge in [-0.15, -0.1) is 0 Å². The van der Waals surface area contributed by atoms with E-state index in [1.807, 2.05) is 20.8 Å². The van der Waals surface area contributed by atoms with Crippen molar-refractivity contribution < 1.29 is 14.7 Å². The molecule has 0 spiro atoms. The molecule has 4 nitrogen and oxygen atoms in total. The molecule has 0 rings (SSSR count). The minimum absolute atomic E-state index is 0.00820. The number of amides is 1. The first kappa shape index (κ1) is 18.9. The van der Waals surface area contributed by atoms with Crippen LogP contribution in [0.25, 0.3) is 0 Å². The monoisotopic (exact) mass is 285 g/mol. The van der Waals surface area contributed by atoms with Crippen molar-refractivity contribution in [2.45, 2.75) is 66.7 Å². The van der Waals surface area contributed by atoms with Crippen molar-refractivity contribution in [2.75, 3.05) is 6.54 Å². The summed E-state index contributed by atoms with van der Waals surface area (Å²) in [6.45, 7) is 10.4. The van der Waals surface area contributed by atoms with E-state index < -0.39 is 11.9 Å². The van der Waals surface area contributed by atoms with Crippen LogP contribution in [-0.4, -0.2) is 23.5 Å². The second kappa shape index (κ2) is 8.98. The van der Waals surface area contributed by atoms with Gasteiger partial charge in [-0.1, -0.05) is 47.5 Å². The third-order valence-electron chi connectivity index (χ3n) is 3.38. The molecular weight excluding hydrogens is 254 g/mol. The quantitative estimate of drug-likeness (QED) is 0.682. The molecule has 0 aromatic rings. The van der Waals surface area contributed by atoms with Crippen LogP contribution in [0.5, 0.6) is 0 Å². The Morgan fingerprint density at radius 2 is 1.55 bits per heavy atom. The van der Waals surface area contributed by atoms with Gasteiger partial charge in [0, 0.05) is 12.5 Å². The molecule has 0 bridgehead atoms. The highest BCUT2D eigenvalue weighted by Gasteiger charge is 2.26. The molecule has 20 heavy (non-hydrogen) atoms. The molecule has 0 aliphatic rings. The highest BCUT2D eigenvalue weighted by atomic mass is 16.4. The second-order valence-corrected chi connectivity index (χ2v) is 6.82. The van der Waals surface area contributed by atoms with Crippen LogP contribution in [0, 0.1) is 17.3 Å². The molecule has 0 aliphatic heterocycles. The van der Waals surface area contributed by atoms with Crippen LogP contribution in [0.1, 0.15) is 66.7 Å². The molecule has 0 saturated carbocycles. The van der Waals surface area contributed by atoms with E-state index in [9.17, 15) is 14.7 Å². The van der Waals surface area contributed by atoms with E-state index in [0.29, 0.717) is 6.42 Å². The summed E-state index contributed by atoms with van der Waals surface area (Å²) in [7, 11) is 0. The summed E-state index contributed by atoms with van der Waals surface area (Å²) in [4.78, 5) is 23.4. The van der Waals surface area contributed by atoms with Crippen LogP contribution in [0.2, 0.25) is 0 Å². The number of rotatable bonds is 9. The van der Waals surface area contributed by atoms with Gasteiger partial charge in [0.1, 0.15) is 0 Å². The predicted octanol–water partition coefficient (Wildman–Crippen LogP) is 3.46. The summed E-state index contributed by atoms with van der Waals surface area (Å²) in [6, 6.07) is 0. The second-order valence-electron chi connectivity index (χ2n) is 6.82. The van der Waals surface area contributed by atoms with E-state index in [1.165, 1.54) is 0 Å². The van der Waals surface area contributed by atoms with Crippen molar-refractivity contribution in [2.24, 2.45) is 17.3 Å². The molecule has 4 heteroatoms. The van der Waals surface area contributed by atoms with E-state index >= 15 is 0 Å². The van der Waals surface area contributed by atoms with E-state index in [0.717, 1.165) is 25.7 Å². The van der Waals surface area contributed by atoms with Crippen LogP contribution in [0.3, 0.4) is 0 Å². The van der Waals surface area contributed by atoms with Crippen molar-refractivity contribution in [3.8, 4) is 0 Å². The lowest BCUT2D eigenvalue weighted by atomic mass is 9.84. The first-order valence-electron chi connectivity index (χ1n) is 7.71. The number of carbonyl (C=O) groups excluding carboxylic acids is 1. The molecule has 1 amide bonds. The van der Waals surface area contributed by atoms with Crippen molar-refractivity contribution >= 4 is 11.9 Å². The Morgan fingerprint density at radius 3 is 1.90 bits per heavy atom. The third-order valence-corrected chi connectivity index (χ3v) is 3.38. The molecule has 1 unspecified atom stereocenters. The summed E-state index contributed by atoms with van der Waals surface area (Å²) < 4.78 is 0. The fraction of sp³-hybridized carbons (Fsp3) is 0.875. The lowest BCUT2D eigenvalue weighted by molar-refractivity contribution is -0.142. The summed E-state index contributed by atoms with van der Waals surface area (Å²) in [5.74, 6) is -1.31. The number of hydrogen-bond donors (Lipinski definition) is 2. The fourth-order valence-corrected chi connectivity index (χ4v) is 2.46. The molecule has 0 fully saturated rings. The van der Waals surface area contributed by atoms with E-state index in [4.69, 9.17) is 0 Å². The molecule has 1 atom stereocenters. The zero-order chi connectivity index (χ0) is 15.8. The topological polar surface area (TPSA) is 66.4 Å². The van der Waals surface area contributed by atoms with Gasteiger partial charge in [-0.05, 0) is 24.7 Å². The molecule has 2 N–H and O–H groups in total. The third kappa shape index (κ3) is 8.18. The van der Waals surface area contributed by atoms with Crippen molar-refractivity contribution in [3.63, 3.8) is 0 Å². The summed E-state index contributed by atoms with van der Waals surface area (Å²) in [6.07, 6.45) is 4.26. The molecule has 0 saturated heterocycles. The number of carbonyl (C=O) groups is 2. The Balaban J connectivity index is 4.45. The Bertz CT molecular complexity index is 301. The predicted molar refractivity (Wildman–Crippen MR) is 81.5 cm³/mol. The molecule has 118 valence electrons. The lowest BCUT2D eigenvalue weighted by Gasteiger charge is -2.24. The largest absolute Gasteiger partial charge is 0.481 e. The van der Waals surface area contributed by atoms with Gasteiger partial charge >= 0.3 is 5.97 Å². The maximum absolute atomic E-state index is 12.1. The van der Waals surface area contributed by atoms with Crippen molar-refractivity contribution in [1.29, 1.82) is 0 Å². The first-order valence-corrected chi connectivity index (χ1v) is 7.71. The van der Waals surface area contributed by atoms with Gasteiger partial charge < -0.3 is 10.4 Å². The molecular formula is C16H31NO3. The normalized spacial score (nSPS) is 13.3. The zero-order valence-electron chi connectivity index (χ0n) is 13.7. The number of hydrogen-bond acceptors (Lipinski definition) is 2. The van der Waals surface area contributed by atoms with E-state index in [1.54, 1.807) is 0 Å². The Kier molecular flexibility index (Phi) is 8.51. The van der Waals surface area contributed by atoms with E-state index in [-0.39, 0.29) is 23.8 Å². The maximum Gasteiger partial charge on any atom is 0.308 e. The SMILES string of the molecule is CCCC(CCC)C(=O)NCC(CC(C)(C)C)C(=O)O. The van der Waals surface area contributed by atoms with Crippen LogP contribution >= 0.6 is 0 Å². The van der Waals surface area contributed by atoms with Gasteiger partial charge in [0.25, 0.3) is 0 Å². The maximum atomic E-state index is 12.1. The van der Waals surface area contributed by atoms with Gasteiger partial charge in [-0.3, -0.25) is 9.59 Å². The van der Waals surface area contributed by atoms with Crippen molar-refractivity contribution in [3.05, 3.63) is 0 Å². The minimum Gasteiger partial charge on any atom is -0.481 e. The Hall–Kier alpha value is -1.06. The number of carboxylic acid groups (broad SMARTS) is 1. The van der Waals surface area contributed by atoms with Gasteiger partial charge in [-0.25, -0.2) is 0 Å². The molecule has 0 radical (unpaired) electrons. The van der Waals surface area contributed by atoms with Crippen LogP contribution < -0.4 is 5.32 Å². The van der Waals surface area contributed by atoms with Gasteiger partial charge in [0.05, 0.1) is 5.92 Å². The summed E-state index contributed by atoms with van der Waals surface area (Å²) in [5.41, 5.74) is -0.0555.